The van der Waals surface area contributed by atoms with Crippen LogP contribution in [-0.2, 0) is 6.42 Å². The van der Waals surface area contributed by atoms with E-state index in [1.165, 1.54) is 5.56 Å². The molecule has 0 fully saturated rings. The molecule has 1 heterocycles. The molecule has 2 rings (SSSR count). The molecule has 0 spiro atoms. The van der Waals surface area contributed by atoms with E-state index in [0.717, 1.165) is 12.0 Å². The molecule has 0 saturated heterocycles. The zero-order valence-corrected chi connectivity index (χ0v) is 12.2. The van der Waals surface area contributed by atoms with Gasteiger partial charge in [-0.3, -0.25) is 4.79 Å². The van der Waals surface area contributed by atoms with Crippen LogP contribution >= 0.6 is 0 Å². The van der Waals surface area contributed by atoms with Crippen molar-refractivity contribution in [1.29, 1.82) is 0 Å². The van der Waals surface area contributed by atoms with Crippen LogP contribution < -0.4 is 0 Å². The van der Waals surface area contributed by atoms with Crippen molar-refractivity contribution in [3.05, 3.63) is 34.9 Å². The Hall–Kier alpha value is -1.35. The lowest BCUT2D eigenvalue weighted by Gasteiger charge is -2.22. The normalized spacial score (nSPS) is 18.6. The van der Waals surface area contributed by atoms with Crippen molar-refractivity contribution in [2.45, 2.75) is 40.3 Å². The lowest BCUT2D eigenvalue weighted by Crippen LogP contribution is -2.31. The summed E-state index contributed by atoms with van der Waals surface area (Å²) in [5.41, 5.74) is 2.59. The second kappa shape index (κ2) is 5.33. The number of nitrogens with zero attached hydrogens (tertiary/aromatic N) is 1. The van der Waals surface area contributed by atoms with Crippen LogP contribution in [0.5, 0.6) is 0 Å². The number of aliphatic hydroxyl groups excluding tert-OH is 1. The minimum Gasteiger partial charge on any atom is -0.369 e. The van der Waals surface area contributed by atoms with Crippen LogP contribution in [0.2, 0.25) is 0 Å². The fourth-order valence-electron chi connectivity index (χ4n) is 2.62. The standard InChI is InChI=1S/C16H23NO2/c1-10(2)7-12-5-6-13-14(8-12)16(19)17(15(13)18)9-11(3)4/h5-6,8,10-11,15,18H,7,9H2,1-4H3. The van der Waals surface area contributed by atoms with Crippen molar-refractivity contribution < 1.29 is 9.90 Å². The third-order valence-corrected chi connectivity index (χ3v) is 3.39. The topological polar surface area (TPSA) is 40.5 Å². The molecule has 104 valence electrons. The summed E-state index contributed by atoms with van der Waals surface area (Å²) in [4.78, 5) is 13.9. The van der Waals surface area contributed by atoms with Gasteiger partial charge in [0.2, 0.25) is 0 Å². The second-order valence-corrected chi connectivity index (χ2v) is 6.24. The minimum atomic E-state index is -0.780. The molecule has 1 N–H and O–H groups in total. The number of carbonyl (C=O) groups is 1. The van der Waals surface area contributed by atoms with E-state index in [9.17, 15) is 9.90 Å². The number of fused-ring (bicyclic) bond motifs is 1. The maximum absolute atomic E-state index is 12.3. The molecular weight excluding hydrogens is 238 g/mol. The van der Waals surface area contributed by atoms with Crippen LogP contribution in [0.4, 0.5) is 0 Å². The van der Waals surface area contributed by atoms with Crippen LogP contribution in [0.3, 0.4) is 0 Å². The monoisotopic (exact) mass is 261 g/mol. The summed E-state index contributed by atoms with van der Waals surface area (Å²) in [5, 5.41) is 10.2. The first kappa shape index (κ1) is 14.1. The molecule has 1 amide bonds. The number of carbonyl (C=O) groups excluding carboxylic acids is 1. The summed E-state index contributed by atoms with van der Waals surface area (Å²) in [5.74, 6) is 0.871. The van der Waals surface area contributed by atoms with Crippen LogP contribution in [0.1, 0.15) is 55.4 Å². The number of rotatable bonds is 4. The van der Waals surface area contributed by atoms with Gasteiger partial charge in [0.25, 0.3) is 5.91 Å². The number of hydrogen-bond acceptors (Lipinski definition) is 2. The van der Waals surface area contributed by atoms with Crippen LogP contribution in [0.25, 0.3) is 0 Å². The summed E-state index contributed by atoms with van der Waals surface area (Å²) >= 11 is 0. The Morgan fingerprint density at radius 3 is 2.47 bits per heavy atom. The van der Waals surface area contributed by atoms with E-state index < -0.39 is 6.23 Å². The van der Waals surface area contributed by atoms with E-state index in [-0.39, 0.29) is 5.91 Å². The summed E-state index contributed by atoms with van der Waals surface area (Å²) in [7, 11) is 0. The molecule has 0 aliphatic carbocycles. The molecule has 19 heavy (non-hydrogen) atoms. The van der Waals surface area contributed by atoms with Gasteiger partial charge in [-0.25, -0.2) is 0 Å². The van der Waals surface area contributed by atoms with Crippen LogP contribution in [0, 0.1) is 11.8 Å². The molecule has 3 nitrogen and oxygen atoms in total. The second-order valence-electron chi connectivity index (χ2n) is 6.24. The zero-order valence-electron chi connectivity index (χ0n) is 12.2. The first-order chi connectivity index (χ1) is 8.90. The average Bonchev–Trinajstić information content (AvgIpc) is 2.53. The molecule has 0 aromatic heterocycles. The van der Waals surface area contributed by atoms with E-state index in [1.54, 1.807) is 4.90 Å². The fourth-order valence-corrected chi connectivity index (χ4v) is 2.62. The Kier molecular flexibility index (Phi) is 3.95. The number of aliphatic hydroxyl groups is 1. The van der Waals surface area contributed by atoms with E-state index >= 15 is 0 Å². The largest absolute Gasteiger partial charge is 0.369 e. The number of amides is 1. The van der Waals surface area contributed by atoms with Crippen molar-refractivity contribution in [3.63, 3.8) is 0 Å². The predicted molar refractivity (Wildman–Crippen MR) is 75.8 cm³/mol. The third kappa shape index (κ3) is 2.81. The zero-order chi connectivity index (χ0) is 14.2. The lowest BCUT2D eigenvalue weighted by atomic mass is 9.98. The Morgan fingerprint density at radius 2 is 1.89 bits per heavy atom. The highest BCUT2D eigenvalue weighted by Gasteiger charge is 2.35. The van der Waals surface area contributed by atoms with Gasteiger partial charge in [0, 0.05) is 17.7 Å². The minimum absolute atomic E-state index is 0.0400. The van der Waals surface area contributed by atoms with E-state index in [1.807, 2.05) is 32.0 Å². The maximum atomic E-state index is 12.3. The van der Waals surface area contributed by atoms with Crippen LogP contribution in [0.15, 0.2) is 18.2 Å². The van der Waals surface area contributed by atoms with Gasteiger partial charge in [-0.15, -0.1) is 0 Å². The molecule has 1 atom stereocenters. The van der Waals surface area contributed by atoms with Gasteiger partial charge in [-0.2, -0.15) is 0 Å². The van der Waals surface area contributed by atoms with Crippen LogP contribution in [-0.4, -0.2) is 22.5 Å². The quantitative estimate of drug-likeness (QED) is 0.905. The Balaban J connectivity index is 2.28. The molecule has 1 unspecified atom stereocenters. The van der Waals surface area contributed by atoms with Gasteiger partial charge in [0.15, 0.2) is 6.23 Å². The van der Waals surface area contributed by atoms with Crippen molar-refractivity contribution in [3.8, 4) is 0 Å². The fraction of sp³-hybridized carbons (Fsp3) is 0.562. The number of hydrogen-bond donors (Lipinski definition) is 1. The van der Waals surface area contributed by atoms with Crippen molar-refractivity contribution in [2.75, 3.05) is 6.54 Å². The summed E-state index contributed by atoms with van der Waals surface area (Å²) in [6.45, 7) is 9.01. The van der Waals surface area contributed by atoms with Crippen molar-refractivity contribution in [1.82, 2.24) is 4.90 Å². The highest BCUT2D eigenvalue weighted by molar-refractivity contribution is 5.99. The van der Waals surface area contributed by atoms with Gasteiger partial charge in [0.05, 0.1) is 0 Å². The summed E-state index contributed by atoms with van der Waals surface area (Å²) in [6.07, 6.45) is 0.180. The molecule has 0 radical (unpaired) electrons. The van der Waals surface area contributed by atoms with Crippen molar-refractivity contribution in [2.24, 2.45) is 11.8 Å². The molecule has 1 aromatic rings. The third-order valence-electron chi connectivity index (χ3n) is 3.39. The average molecular weight is 261 g/mol. The van der Waals surface area contributed by atoms with Gasteiger partial charge in [0.1, 0.15) is 0 Å². The molecule has 1 aliphatic rings. The van der Waals surface area contributed by atoms with Crippen molar-refractivity contribution >= 4 is 5.91 Å². The Bertz CT molecular complexity index is 480. The first-order valence-electron chi connectivity index (χ1n) is 7.02. The molecular formula is C16H23NO2. The molecule has 0 saturated carbocycles. The molecule has 3 heteroatoms. The summed E-state index contributed by atoms with van der Waals surface area (Å²) in [6, 6.07) is 5.87. The van der Waals surface area contributed by atoms with Gasteiger partial charge in [-0.1, -0.05) is 39.8 Å². The predicted octanol–water partition coefficient (Wildman–Crippen LogP) is 2.99. The maximum Gasteiger partial charge on any atom is 0.256 e. The Labute approximate surface area is 115 Å². The lowest BCUT2D eigenvalue weighted by molar-refractivity contribution is 0.0127. The highest BCUT2D eigenvalue weighted by atomic mass is 16.3. The molecule has 0 bridgehead atoms. The Morgan fingerprint density at radius 1 is 1.21 bits per heavy atom. The van der Waals surface area contributed by atoms with E-state index in [4.69, 9.17) is 0 Å². The smallest absolute Gasteiger partial charge is 0.256 e. The SMILES string of the molecule is CC(C)Cc1ccc2c(c1)C(=O)N(CC(C)C)C2O. The van der Waals surface area contributed by atoms with Gasteiger partial charge >= 0.3 is 0 Å². The van der Waals surface area contributed by atoms with E-state index in [0.29, 0.717) is 23.9 Å². The van der Waals surface area contributed by atoms with E-state index in [2.05, 4.69) is 13.8 Å². The molecule has 1 aromatic carbocycles. The molecule has 1 aliphatic heterocycles. The number of benzene rings is 1. The summed E-state index contributed by atoms with van der Waals surface area (Å²) < 4.78 is 0. The highest BCUT2D eigenvalue weighted by Crippen LogP contribution is 2.33. The first-order valence-corrected chi connectivity index (χ1v) is 7.02. The van der Waals surface area contributed by atoms with Gasteiger partial charge in [-0.05, 0) is 29.9 Å². The van der Waals surface area contributed by atoms with Gasteiger partial charge < -0.3 is 10.0 Å².